The average molecular weight is 339 g/mol. The first-order valence-corrected chi connectivity index (χ1v) is 10.0. The van der Waals surface area contributed by atoms with Crippen LogP contribution in [0.5, 0.6) is 0 Å². The van der Waals surface area contributed by atoms with Gasteiger partial charge in [0.15, 0.2) is 0 Å². The largest absolute Gasteiger partial charge is 0.0843 e. The molecule has 4 rings (SSSR count). The Morgan fingerprint density at radius 1 is 0.958 bits per heavy atom. The molecule has 126 valence electrons. The van der Waals surface area contributed by atoms with E-state index in [1.54, 1.807) is 11.1 Å². The van der Waals surface area contributed by atoms with Crippen molar-refractivity contribution >= 4 is 11.6 Å². The number of fused-ring (bicyclic) bond motifs is 3. The Labute approximate surface area is 151 Å². The van der Waals surface area contributed by atoms with Crippen molar-refractivity contribution in [3.63, 3.8) is 0 Å². The minimum atomic E-state index is 0.809. The molecule has 1 saturated carbocycles. The third-order valence-corrected chi connectivity index (χ3v) is 6.54. The molecule has 3 atom stereocenters. The average Bonchev–Trinajstić information content (AvgIpc) is 2.62. The van der Waals surface area contributed by atoms with Crippen LogP contribution in [0.25, 0.3) is 11.1 Å². The number of halogens is 1. The molecule has 2 aliphatic carbocycles. The molecular formula is C23H27Cl. The maximum absolute atomic E-state index is 6.02. The van der Waals surface area contributed by atoms with Gasteiger partial charge in [0, 0.05) is 5.02 Å². The summed E-state index contributed by atoms with van der Waals surface area (Å²) in [4.78, 5) is 0. The van der Waals surface area contributed by atoms with Crippen LogP contribution in [0.2, 0.25) is 5.02 Å². The smallest absolute Gasteiger partial charge is 0.0406 e. The Morgan fingerprint density at radius 3 is 2.54 bits per heavy atom. The second-order valence-corrected chi connectivity index (χ2v) is 8.23. The van der Waals surface area contributed by atoms with Crippen molar-refractivity contribution in [2.24, 2.45) is 11.8 Å². The van der Waals surface area contributed by atoms with Crippen molar-refractivity contribution in [3.05, 3.63) is 58.6 Å². The zero-order valence-electron chi connectivity index (χ0n) is 14.6. The van der Waals surface area contributed by atoms with Gasteiger partial charge in [-0.2, -0.15) is 0 Å². The van der Waals surface area contributed by atoms with E-state index in [0.29, 0.717) is 0 Å². The fourth-order valence-electron chi connectivity index (χ4n) is 5.11. The summed E-state index contributed by atoms with van der Waals surface area (Å²) in [6.07, 6.45) is 9.75. The summed E-state index contributed by atoms with van der Waals surface area (Å²) in [7, 11) is 0. The lowest BCUT2D eigenvalue weighted by atomic mass is 9.64. The lowest BCUT2D eigenvalue weighted by Gasteiger charge is -2.40. The highest BCUT2D eigenvalue weighted by molar-refractivity contribution is 6.30. The van der Waals surface area contributed by atoms with E-state index in [4.69, 9.17) is 11.6 Å². The highest BCUT2D eigenvalue weighted by Crippen LogP contribution is 2.48. The van der Waals surface area contributed by atoms with E-state index >= 15 is 0 Å². The molecule has 0 aromatic heterocycles. The van der Waals surface area contributed by atoms with Gasteiger partial charge in [0.1, 0.15) is 0 Å². The minimum Gasteiger partial charge on any atom is -0.0843 e. The molecule has 0 bridgehead atoms. The summed E-state index contributed by atoms with van der Waals surface area (Å²) < 4.78 is 0. The Morgan fingerprint density at radius 2 is 1.75 bits per heavy atom. The first-order valence-electron chi connectivity index (χ1n) is 9.63. The van der Waals surface area contributed by atoms with Gasteiger partial charge in [-0.05, 0) is 84.2 Å². The van der Waals surface area contributed by atoms with E-state index in [1.165, 1.54) is 56.1 Å². The second kappa shape index (κ2) is 6.92. The van der Waals surface area contributed by atoms with E-state index in [-0.39, 0.29) is 0 Å². The van der Waals surface area contributed by atoms with Gasteiger partial charge in [-0.25, -0.2) is 0 Å². The van der Waals surface area contributed by atoms with Crippen molar-refractivity contribution in [2.45, 2.75) is 57.8 Å². The molecule has 0 N–H and O–H groups in total. The first kappa shape index (κ1) is 16.2. The Balaban J connectivity index is 1.58. The van der Waals surface area contributed by atoms with Crippen LogP contribution in [0.1, 0.15) is 62.5 Å². The lowest BCUT2D eigenvalue weighted by molar-refractivity contribution is 0.201. The molecule has 24 heavy (non-hydrogen) atoms. The molecule has 2 aromatic carbocycles. The molecule has 0 aliphatic heterocycles. The van der Waals surface area contributed by atoms with Gasteiger partial charge in [0.05, 0.1) is 0 Å². The quantitative estimate of drug-likeness (QED) is 0.552. The van der Waals surface area contributed by atoms with E-state index in [1.807, 2.05) is 12.1 Å². The van der Waals surface area contributed by atoms with Crippen LogP contribution in [-0.4, -0.2) is 0 Å². The van der Waals surface area contributed by atoms with Crippen LogP contribution in [0.3, 0.4) is 0 Å². The summed E-state index contributed by atoms with van der Waals surface area (Å²) in [5.74, 6) is 2.75. The van der Waals surface area contributed by atoms with Crippen molar-refractivity contribution in [1.82, 2.24) is 0 Å². The molecule has 0 unspecified atom stereocenters. The van der Waals surface area contributed by atoms with Crippen LogP contribution in [-0.2, 0) is 6.42 Å². The van der Waals surface area contributed by atoms with E-state index in [9.17, 15) is 0 Å². The predicted octanol–water partition coefficient (Wildman–Crippen LogP) is 7.25. The van der Waals surface area contributed by atoms with Crippen LogP contribution in [0.15, 0.2) is 42.5 Å². The molecule has 1 fully saturated rings. The highest BCUT2D eigenvalue weighted by atomic mass is 35.5. The highest BCUT2D eigenvalue weighted by Gasteiger charge is 2.34. The number of hydrogen-bond donors (Lipinski definition) is 0. The number of rotatable bonds is 3. The molecule has 0 heterocycles. The zero-order chi connectivity index (χ0) is 16.5. The third-order valence-electron chi connectivity index (χ3n) is 6.29. The normalized spacial score (nSPS) is 25.8. The van der Waals surface area contributed by atoms with Gasteiger partial charge in [-0.15, -0.1) is 0 Å². The van der Waals surface area contributed by atoms with E-state index in [2.05, 4.69) is 37.3 Å². The van der Waals surface area contributed by atoms with Gasteiger partial charge < -0.3 is 0 Å². The molecule has 0 spiro atoms. The monoisotopic (exact) mass is 338 g/mol. The van der Waals surface area contributed by atoms with Crippen molar-refractivity contribution < 1.29 is 0 Å². The van der Waals surface area contributed by atoms with E-state index in [0.717, 1.165) is 22.8 Å². The Kier molecular flexibility index (Phi) is 4.68. The van der Waals surface area contributed by atoms with Crippen molar-refractivity contribution in [3.8, 4) is 11.1 Å². The summed E-state index contributed by atoms with van der Waals surface area (Å²) in [6, 6.07) is 15.4. The summed E-state index contributed by atoms with van der Waals surface area (Å²) in [5, 5.41) is 0.809. The molecule has 2 aliphatic rings. The van der Waals surface area contributed by atoms with Crippen LogP contribution in [0, 0.1) is 11.8 Å². The zero-order valence-corrected chi connectivity index (χ0v) is 15.4. The molecule has 2 aromatic rings. The molecule has 0 amide bonds. The molecule has 0 radical (unpaired) electrons. The molecule has 1 heteroatoms. The van der Waals surface area contributed by atoms with Crippen molar-refractivity contribution in [1.29, 1.82) is 0 Å². The van der Waals surface area contributed by atoms with Crippen LogP contribution >= 0.6 is 11.6 Å². The standard InChI is InChI=1S/C23H27Cl/c1-2-3-16-4-12-22-19(14-16)5-6-20-15-18(9-13-23(20)22)17-7-10-21(24)11-8-17/h7-11,13,15-16,19,22H,2-6,12,14H2,1H3/t16-,19-,22+/m1/s1. The van der Waals surface area contributed by atoms with Crippen LogP contribution in [0.4, 0.5) is 0 Å². The number of aryl methyl sites for hydroxylation is 1. The van der Waals surface area contributed by atoms with Crippen molar-refractivity contribution in [2.75, 3.05) is 0 Å². The SMILES string of the molecule is CCC[C@@H]1CC[C@@H]2c3ccc(-c4ccc(Cl)cc4)cc3CC[C@@H]2C1. The van der Waals surface area contributed by atoms with E-state index < -0.39 is 0 Å². The van der Waals surface area contributed by atoms with Gasteiger partial charge in [0.2, 0.25) is 0 Å². The van der Waals surface area contributed by atoms with Gasteiger partial charge in [-0.3, -0.25) is 0 Å². The second-order valence-electron chi connectivity index (χ2n) is 7.79. The maximum atomic E-state index is 6.02. The third kappa shape index (κ3) is 3.14. The first-order chi connectivity index (χ1) is 11.7. The summed E-state index contributed by atoms with van der Waals surface area (Å²) >= 11 is 6.02. The maximum Gasteiger partial charge on any atom is 0.0406 e. The lowest BCUT2D eigenvalue weighted by Crippen LogP contribution is -2.28. The summed E-state index contributed by atoms with van der Waals surface area (Å²) in [5.41, 5.74) is 5.86. The minimum absolute atomic E-state index is 0.809. The topological polar surface area (TPSA) is 0 Å². The fraction of sp³-hybridized carbons (Fsp3) is 0.478. The predicted molar refractivity (Wildman–Crippen MR) is 104 cm³/mol. The Hall–Kier alpha value is -1.27. The number of benzene rings is 2. The van der Waals surface area contributed by atoms with Gasteiger partial charge in [0.25, 0.3) is 0 Å². The Bertz CT molecular complexity index is 700. The van der Waals surface area contributed by atoms with Crippen LogP contribution < -0.4 is 0 Å². The molecular weight excluding hydrogens is 312 g/mol. The molecule has 0 saturated heterocycles. The number of hydrogen-bond acceptors (Lipinski definition) is 0. The molecule has 0 nitrogen and oxygen atoms in total. The fourth-order valence-corrected chi connectivity index (χ4v) is 5.23. The van der Waals surface area contributed by atoms with Gasteiger partial charge in [-0.1, -0.05) is 61.7 Å². The van der Waals surface area contributed by atoms with Gasteiger partial charge >= 0.3 is 0 Å². The summed E-state index contributed by atoms with van der Waals surface area (Å²) in [6.45, 7) is 2.33.